The molecule has 0 aliphatic carbocycles. The highest BCUT2D eigenvalue weighted by Gasteiger charge is 2.12. The van der Waals surface area contributed by atoms with E-state index in [2.05, 4.69) is 10.3 Å². The Labute approximate surface area is 125 Å². The topological polar surface area (TPSA) is 88.5 Å². The summed E-state index contributed by atoms with van der Waals surface area (Å²) in [7, 11) is 0. The average Bonchev–Trinajstić information content (AvgIpc) is 2.46. The molecule has 0 unspecified atom stereocenters. The molecule has 7 heteroatoms. The van der Waals surface area contributed by atoms with E-state index in [0.717, 1.165) is 5.56 Å². The van der Waals surface area contributed by atoms with Crippen LogP contribution in [0.25, 0.3) is 0 Å². The number of halogens is 1. The first-order valence-electron chi connectivity index (χ1n) is 5.94. The van der Waals surface area contributed by atoms with E-state index in [-0.39, 0.29) is 23.1 Å². The van der Waals surface area contributed by atoms with Crippen molar-refractivity contribution in [1.82, 2.24) is 4.98 Å². The fourth-order valence-corrected chi connectivity index (χ4v) is 1.76. The molecule has 2 aromatic rings. The monoisotopic (exact) mass is 306 g/mol. The van der Waals surface area contributed by atoms with Gasteiger partial charge in [-0.25, -0.2) is 14.6 Å². The van der Waals surface area contributed by atoms with E-state index < -0.39 is 12.1 Å². The van der Waals surface area contributed by atoms with Crippen molar-refractivity contribution in [2.45, 2.75) is 6.61 Å². The Kier molecular flexibility index (Phi) is 4.73. The molecule has 0 spiro atoms. The summed E-state index contributed by atoms with van der Waals surface area (Å²) in [5.41, 5.74) is 0.708. The largest absolute Gasteiger partial charge is 0.478 e. The second-order valence-corrected chi connectivity index (χ2v) is 4.38. The van der Waals surface area contributed by atoms with Gasteiger partial charge in [-0.1, -0.05) is 41.9 Å². The third kappa shape index (κ3) is 4.19. The van der Waals surface area contributed by atoms with Crippen LogP contribution in [0.3, 0.4) is 0 Å². The standard InChI is InChI=1S/C14H11ClN2O4/c15-12-10(13(18)19)6-7-11(16-12)17-14(20)21-8-9-4-2-1-3-5-9/h1-7H,8H2,(H,18,19)(H,16,17,20). The maximum Gasteiger partial charge on any atom is 0.413 e. The maximum atomic E-state index is 11.6. The predicted molar refractivity (Wildman–Crippen MR) is 76.5 cm³/mol. The SMILES string of the molecule is O=C(Nc1ccc(C(=O)O)c(Cl)n1)OCc1ccccc1. The summed E-state index contributed by atoms with van der Waals surface area (Å²) in [4.78, 5) is 26.1. The Morgan fingerprint density at radius 3 is 2.52 bits per heavy atom. The van der Waals surface area contributed by atoms with Crippen molar-refractivity contribution in [3.63, 3.8) is 0 Å². The van der Waals surface area contributed by atoms with Gasteiger partial charge in [-0.15, -0.1) is 0 Å². The number of nitrogens with zero attached hydrogens (tertiary/aromatic N) is 1. The quantitative estimate of drug-likeness (QED) is 0.847. The number of hydrogen-bond acceptors (Lipinski definition) is 4. The van der Waals surface area contributed by atoms with Crippen molar-refractivity contribution in [2.75, 3.05) is 5.32 Å². The number of carbonyl (C=O) groups is 2. The van der Waals surface area contributed by atoms with Gasteiger partial charge in [-0.2, -0.15) is 0 Å². The molecule has 21 heavy (non-hydrogen) atoms. The van der Waals surface area contributed by atoms with E-state index in [0.29, 0.717) is 0 Å². The van der Waals surface area contributed by atoms with Crippen LogP contribution in [0.5, 0.6) is 0 Å². The fraction of sp³-hybridized carbons (Fsp3) is 0.0714. The van der Waals surface area contributed by atoms with Crippen LogP contribution >= 0.6 is 11.6 Å². The number of carboxylic acids is 1. The highest BCUT2D eigenvalue weighted by Crippen LogP contribution is 2.16. The molecule has 1 heterocycles. The second kappa shape index (κ2) is 6.71. The molecular weight excluding hydrogens is 296 g/mol. The molecule has 1 aromatic carbocycles. The average molecular weight is 307 g/mol. The molecule has 0 fully saturated rings. The van der Waals surface area contributed by atoms with Gasteiger partial charge in [0, 0.05) is 0 Å². The molecule has 6 nitrogen and oxygen atoms in total. The molecule has 0 bridgehead atoms. The first kappa shape index (κ1) is 14.8. The lowest BCUT2D eigenvalue weighted by Crippen LogP contribution is -2.15. The van der Waals surface area contributed by atoms with Crippen LogP contribution in [-0.2, 0) is 11.3 Å². The predicted octanol–water partition coefficient (Wildman–Crippen LogP) is 3.18. The van der Waals surface area contributed by atoms with Gasteiger partial charge in [0.2, 0.25) is 0 Å². The first-order valence-corrected chi connectivity index (χ1v) is 6.31. The lowest BCUT2D eigenvalue weighted by molar-refractivity contribution is 0.0696. The highest BCUT2D eigenvalue weighted by molar-refractivity contribution is 6.32. The molecule has 0 aliphatic heterocycles. The Bertz CT molecular complexity index is 661. The summed E-state index contributed by atoms with van der Waals surface area (Å²) in [5.74, 6) is -1.08. The summed E-state index contributed by atoms with van der Waals surface area (Å²) < 4.78 is 5.00. The number of hydrogen-bond donors (Lipinski definition) is 2. The Hall–Kier alpha value is -2.60. The summed E-state index contributed by atoms with van der Waals surface area (Å²) >= 11 is 5.70. The number of benzene rings is 1. The van der Waals surface area contributed by atoms with Crippen molar-refractivity contribution < 1.29 is 19.4 Å². The summed E-state index contributed by atoms with van der Waals surface area (Å²) in [6, 6.07) is 11.8. The third-order valence-corrected chi connectivity index (χ3v) is 2.81. The zero-order valence-corrected chi connectivity index (χ0v) is 11.5. The zero-order valence-electron chi connectivity index (χ0n) is 10.7. The molecule has 0 radical (unpaired) electrons. The van der Waals surface area contributed by atoms with Crippen LogP contribution in [0.1, 0.15) is 15.9 Å². The van der Waals surface area contributed by atoms with Crippen LogP contribution in [0.4, 0.5) is 10.6 Å². The van der Waals surface area contributed by atoms with Crippen molar-refractivity contribution in [2.24, 2.45) is 0 Å². The smallest absolute Gasteiger partial charge is 0.413 e. The maximum absolute atomic E-state index is 11.6. The third-order valence-electron chi connectivity index (χ3n) is 2.52. The number of aromatic carboxylic acids is 1. The lowest BCUT2D eigenvalue weighted by atomic mass is 10.2. The van der Waals surface area contributed by atoms with Crippen LogP contribution in [-0.4, -0.2) is 22.2 Å². The van der Waals surface area contributed by atoms with E-state index in [1.807, 2.05) is 30.3 Å². The number of amides is 1. The fourth-order valence-electron chi connectivity index (χ4n) is 1.53. The van der Waals surface area contributed by atoms with Crippen molar-refractivity contribution >= 4 is 29.5 Å². The van der Waals surface area contributed by atoms with Gasteiger partial charge in [0.05, 0.1) is 5.56 Å². The summed E-state index contributed by atoms with van der Waals surface area (Å²) in [5, 5.41) is 11.0. The van der Waals surface area contributed by atoms with Crippen LogP contribution in [0.2, 0.25) is 5.15 Å². The van der Waals surface area contributed by atoms with Crippen LogP contribution in [0, 0.1) is 0 Å². The highest BCUT2D eigenvalue weighted by atomic mass is 35.5. The molecule has 0 aliphatic rings. The number of nitrogens with one attached hydrogen (secondary N) is 1. The van der Waals surface area contributed by atoms with Gasteiger partial charge < -0.3 is 9.84 Å². The Balaban J connectivity index is 1.94. The molecule has 0 saturated carbocycles. The molecule has 1 amide bonds. The first-order chi connectivity index (χ1) is 10.1. The van der Waals surface area contributed by atoms with Crippen molar-refractivity contribution in [3.05, 3.63) is 58.7 Å². The van der Waals surface area contributed by atoms with Crippen LogP contribution < -0.4 is 5.32 Å². The molecule has 2 N–H and O–H groups in total. The van der Waals surface area contributed by atoms with Crippen molar-refractivity contribution in [1.29, 1.82) is 0 Å². The molecule has 108 valence electrons. The van der Waals surface area contributed by atoms with Gasteiger partial charge in [0.1, 0.15) is 17.6 Å². The van der Waals surface area contributed by atoms with E-state index in [9.17, 15) is 9.59 Å². The number of aromatic nitrogens is 1. The number of carboxylic acid groups (broad SMARTS) is 1. The van der Waals surface area contributed by atoms with Gasteiger partial charge in [-0.3, -0.25) is 5.32 Å². The van der Waals surface area contributed by atoms with Crippen LogP contribution in [0.15, 0.2) is 42.5 Å². The normalized spacial score (nSPS) is 9.95. The van der Waals surface area contributed by atoms with Gasteiger partial charge in [0.25, 0.3) is 0 Å². The lowest BCUT2D eigenvalue weighted by Gasteiger charge is -2.07. The minimum Gasteiger partial charge on any atom is -0.478 e. The van der Waals surface area contributed by atoms with Gasteiger partial charge in [0.15, 0.2) is 0 Å². The number of rotatable bonds is 4. The molecular formula is C14H11ClN2O4. The minimum absolute atomic E-state index is 0.114. The van der Waals surface area contributed by atoms with E-state index in [4.69, 9.17) is 21.4 Å². The number of pyridine rings is 1. The van der Waals surface area contributed by atoms with Gasteiger partial charge in [-0.05, 0) is 17.7 Å². The number of ether oxygens (including phenoxy) is 1. The van der Waals surface area contributed by atoms with E-state index in [1.54, 1.807) is 0 Å². The summed E-state index contributed by atoms with van der Waals surface area (Å²) in [6.45, 7) is 0.119. The van der Waals surface area contributed by atoms with E-state index >= 15 is 0 Å². The van der Waals surface area contributed by atoms with Gasteiger partial charge >= 0.3 is 12.1 Å². The molecule has 1 aromatic heterocycles. The number of carbonyl (C=O) groups excluding carboxylic acids is 1. The Morgan fingerprint density at radius 2 is 1.90 bits per heavy atom. The molecule has 0 atom stereocenters. The Morgan fingerprint density at radius 1 is 1.19 bits per heavy atom. The minimum atomic E-state index is -1.19. The molecule has 0 saturated heterocycles. The zero-order chi connectivity index (χ0) is 15.2. The summed E-state index contributed by atoms with van der Waals surface area (Å²) in [6.07, 6.45) is -0.703. The van der Waals surface area contributed by atoms with Crippen molar-refractivity contribution in [3.8, 4) is 0 Å². The van der Waals surface area contributed by atoms with E-state index in [1.165, 1.54) is 12.1 Å². The molecule has 2 rings (SSSR count). The number of anilines is 1. The second-order valence-electron chi connectivity index (χ2n) is 4.03.